The molecule has 222 valence electrons. The third-order valence-electron chi connectivity index (χ3n) is 9.13. The maximum Gasteiger partial charge on any atom is 0.339 e. The maximum absolute atomic E-state index is 15.8. The van der Waals surface area contributed by atoms with Gasteiger partial charge in [0.25, 0.3) is 0 Å². The van der Waals surface area contributed by atoms with Crippen LogP contribution in [0.25, 0.3) is 16.7 Å². The maximum atomic E-state index is 15.8. The van der Waals surface area contributed by atoms with E-state index in [0.29, 0.717) is 0 Å². The topological polar surface area (TPSA) is 52.8 Å². The summed E-state index contributed by atoms with van der Waals surface area (Å²) < 4.78 is 68.8. The predicted octanol–water partition coefficient (Wildman–Crippen LogP) is 6.24. The van der Waals surface area contributed by atoms with Crippen LogP contribution in [0.4, 0.5) is 23.2 Å². The van der Waals surface area contributed by atoms with Crippen molar-refractivity contribution < 1.29 is 32.2 Å². The standard InChI is InChI=1S/C34H30F4N2O3/c1-15-13-33(3,4)39(7)21-11-23-19(9-17(15)21)25(26-27(32(41)42)29(36)31(38)30(37)28(26)35)20-10-18-16(2)14-34(5,6)40(8)22(18)12-24(20)43-23/h9-14H,1-8H3/p+1. The van der Waals surface area contributed by atoms with Crippen LogP contribution in [0.3, 0.4) is 0 Å². The number of benzene rings is 3. The van der Waals surface area contributed by atoms with E-state index in [2.05, 4.69) is 12.2 Å². The van der Waals surface area contributed by atoms with Gasteiger partial charge in [0.2, 0.25) is 5.36 Å². The number of carbonyl (C=O) groups is 1. The van der Waals surface area contributed by atoms with Gasteiger partial charge >= 0.3 is 5.97 Å². The van der Waals surface area contributed by atoms with E-state index in [1.54, 1.807) is 24.3 Å². The summed E-state index contributed by atoms with van der Waals surface area (Å²) in [6, 6.07) is 6.95. The number of hydrogen-bond acceptors (Lipinski definition) is 3. The molecule has 0 aromatic heterocycles. The highest BCUT2D eigenvalue weighted by atomic mass is 19.2. The number of ether oxygens (including phenoxy) is 1. The second-order valence-corrected chi connectivity index (χ2v) is 12.6. The number of fused-ring (bicyclic) bond motifs is 4. The molecule has 3 aromatic rings. The molecule has 0 unspecified atom stereocenters. The third kappa shape index (κ3) is 3.97. The Labute approximate surface area is 246 Å². The molecule has 0 amide bonds. The predicted molar refractivity (Wildman–Crippen MR) is 158 cm³/mol. The molecule has 1 N–H and O–H groups in total. The van der Waals surface area contributed by atoms with Crippen LogP contribution in [0, 0.1) is 23.3 Å². The van der Waals surface area contributed by atoms with Crippen molar-refractivity contribution in [2.45, 2.75) is 52.6 Å². The molecule has 0 radical (unpaired) electrons. The molecule has 43 heavy (non-hydrogen) atoms. The second kappa shape index (κ2) is 9.05. The van der Waals surface area contributed by atoms with Crippen LogP contribution in [0.5, 0.6) is 11.5 Å². The van der Waals surface area contributed by atoms with Gasteiger partial charge in [0, 0.05) is 65.7 Å². The number of anilines is 1. The van der Waals surface area contributed by atoms with Crippen LogP contribution in [0.1, 0.15) is 74.2 Å². The Morgan fingerprint density at radius 3 is 2.12 bits per heavy atom. The van der Waals surface area contributed by atoms with Crippen molar-refractivity contribution >= 4 is 28.4 Å². The minimum absolute atomic E-state index is 0.102. The molecule has 0 fully saturated rings. The monoisotopic (exact) mass is 591 g/mol. The number of halogens is 4. The van der Waals surface area contributed by atoms with Gasteiger partial charge < -0.3 is 14.7 Å². The lowest BCUT2D eigenvalue weighted by atomic mass is 9.83. The van der Waals surface area contributed by atoms with Gasteiger partial charge in [-0.05, 0) is 57.0 Å². The molecule has 3 aliphatic rings. The van der Waals surface area contributed by atoms with Gasteiger partial charge in [0.1, 0.15) is 24.1 Å². The van der Waals surface area contributed by atoms with E-state index in [1.807, 2.05) is 65.1 Å². The van der Waals surface area contributed by atoms with Crippen molar-refractivity contribution in [1.29, 1.82) is 0 Å². The quantitative estimate of drug-likeness (QED) is 0.130. The van der Waals surface area contributed by atoms with Crippen molar-refractivity contribution in [1.82, 2.24) is 4.58 Å². The summed E-state index contributed by atoms with van der Waals surface area (Å²) in [5, 5.41) is 11.0. The summed E-state index contributed by atoms with van der Waals surface area (Å²) >= 11 is 0. The fourth-order valence-electron chi connectivity index (χ4n) is 6.51. The van der Waals surface area contributed by atoms with Crippen molar-refractivity contribution in [3.05, 3.63) is 98.1 Å². The molecule has 0 bridgehead atoms. The van der Waals surface area contributed by atoms with E-state index < -0.39 is 40.4 Å². The normalized spacial score (nSPS) is 17.7. The van der Waals surface area contributed by atoms with Crippen LogP contribution < -0.4 is 24.8 Å². The third-order valence-corrected chi connectivity index (χ3v) is 9.13. The first kappa shape index (κ1) is 28.7. The highest BCUT2D eigenvalue weighted by Crippen LogP contribution is 2.47. The van der Waals surface area contributed by atoms with E-state index in [9.17, 15) is 18.7 Å². The summed E-state index contributed by atoms with van der Waals surface area (Å²) in [6.45, 7) is 12.0. The highest BCUT2D eigenvalue weighted by Gasteiger charge is 2.38. The van der Waals surface area contributed by atoms with Crippen molar-refractivity contribution in [2.24, 2.45) is 0 Å². The lowest BCUT2D eigenvalue weighted by Crippen LogP contribution is -2.47. The lowest BCUT2D eigenvalue weighted by Gasteiger charge is -2.41. The molecule has 0 saturated carbocycles. The Hall–Kier alpha value is -4.40. The zero-order valence-electron chi connectivity index (χ0n) is 25.1. The van der Waals surface area contributed by atoms with Crippen LogP contribution in [0.2, 0.25) is 0 Å². The average molecular weight is 592 g/mol. The zero-order chi connectivity index (χ0) is 31.5. The summed E-state index contributed by atoms with van der Waals surface area (Å²) in [6.07, 6.45) is 4.11. The van der Waals surface area contributed by atoms with E-state index in [0.717, 1.165) is 33.3 Å². The SMILES string of the molecule is CC1=CC(C)(C)N(C)c2cc3c(cc21)C(c1c(F)c(F)c(F)c(F)c1C(=O)O)=c1cc2c(cc1O3)=[N+](C)C(C)(C)C=C2C. The molecule has 0 spiro atoms. The fourth-order valence-corrected chi connectivity index (χ4v) is 6.51. The van der Waals surface area contributed by atoms with Crippen molar-refractivity contribution in [2.75, 3.05) is 19.0 Å². The van der Waals surface area contributed by atoms with E-state index in [4.69, 9.17) is 4.74 Å². The van der Waals surface area contributed by atoms with E-state index >= 15 is 8.78 Å². The number of nitrogens with zero attached hydrogens (tertiary/aromatic N) is 2. The molecule has 0 atom stereocenters. The summed E-state index contributed by atoms with van der Waals surface area (Å²) in [4.78, 5) is 14.4. The highest BCUT2D eigenvalue weighted by molar-refractivity contribution is 6.00. The number of rotatable bonds is 2. The smallest absolute Gasteiger partial charge is 0.339 e. The zero-order valence-corrected chi connectivity index (χ0v) is 25.1. The van der Waals surface area contributed by atoms with Gasteiger partial charge in [0.15, 0.2) is 28.8 Å². The minimum atomic E-state index is -2.19. The first-order chi connectivity index (χ1) is 20.0. The summed E-state index contributed by atoms with van der Waals surface area (Å²) in [5.74, 6) is -9.50. The number of carboxylic acid groups (broad SMARTS) is 1. The number of allylic oxidation sites excluding steroid dienone is 2. The molecule has 0 aliphatic carbocycles. The largest absolute Gasteiger partial charge is 0.478 e. The molecular formula is C34H31F4N2O3+. The summed E-state index contributed by atoms with van der Waals surface area (Å²) in [5.41, 5.74) is 1.34. The molecule has 0 saturated heterocycles. The molecule has 9 heteroatoms. The van der Waals surface area contributed by atoms with Crippen LogP contribution in [-0.4, -0.2) is 36.2 Å². The molecule has 3 aromatic carbocycles. The van der Waals surface area contributed by atoms with Gasteiger partial charge in [-0.2, -0.15) is 0 Å². The fraction of sp³-hybridized carbons (Fsp3) is 0.294. The average Bonchev–Trinajstić information content (AvgIpc) is 2.92. The van der Waals surface area contributed by atoms with Crippen LogP contribution >= 0.6 is 0 Å². The van der Waals surface area contributed by atoms with Gasteiger partial charge in [-0.15, -0.1) is 0 Å². The Balaban J connectivity index is 1.84. The van der Waals surface area contributed by atoms with Crippen molar-refractivity contribution in [3.63, 3.8) is 0 Å². The second-order valence-electron chi connectivity index (χ2n) is 12.6. The Morgan fingerprint density at radius 1 is 0.837 bits per heavy atom. The first-order valence-electron chi connectivity index (χ1n) is 13.8. The molecule has 3 aliphatic heterocycles. The number of likely N-dealkylation sites (N-methyl/N-ethyl adjacent to an activating group) is 2. The van der Waals surface area contributed by atoms with Gasteiger partial charge in [-0.25, -0.2) is 26.9 Å². The van der Waals surface area contributed by atoms with Crippen molar-refractivity contribution in [3.8, 4) is 11.5 Å². The van der Waals surface area contributed by atoms with E-state index in [1.165, 1.54) is 0 Å². The number of hydrogen-bond donors (Lipinski definition) is 1. The molecule has 6 rings (SSSR count). The van der Waals surface area contributed by atoms with Gasteiger partial charge in [-0.3, -0.25) is 0 Å². The first-order valence-corrected chi connectivity index (χ1v) is 13.8. The summed E-state index contributed by atoms with van der Waals surface area (Å²) in [7, 11) is 3.84. The van der Waals surface area contributed by atoms with Crippen LogP contribution in [-0.2, 0) is 0 Å². The molecule has 5 nitrogen and oxygen atoms in total. The van der Waals surface area contributed by atoms with Gasteiger partial charge in [0.05, 0.1) is 11.6 Å². The number of carboxylic acids is 1. The number of aromatic carboxylic acids is 1. The minimum Gasteiger partial charge on any atom is -0.478 e. The Bertz CT molecular complexity index is 2020. The van der Waals surface area contributed by atoms with E-state index in [-0.39, 0.29) is 38.9 Å². The Morgan fingerprint density at radius 2 is 1.47 bits per heavy atom. The van der Waals surface area contributed by atoms with Crippen LogP contribution in [0.15, 0.2) is 36.4 Å². The molecule has 3 heterocycles. The molecular weight excluding hydrogens is 560 g/mol. The Kier molecular flexibility index (Phi) is 6.04. The van der Waals surface area contributed by atoms with Gasteiger partial charge in [-0.1, -0.05) is 6.08 Å². The lowest BCUT2D eigenvalue weighted by molar-refractivity contribution is 0.0689.